The summed E-state index contributed by atoms with van der Waals surface area (Å²) in [7, 11) is 0. The van der Waals surface area contributed by atoms with Gasteiger partial charge >= 0.3 is 0 Å². The fourth-order valence-electron chi connectivity index (χ4n) is 12.8. The summed E-state index contributed by atoms with van der Waals surface area (Å²) in [6.45, 7) is -0.222. The topological polar surface area (TPSA) is 6.48 Å². The minimum absolute atomic E-state index is 0.222. The zero-order chi connectivity index (χ0) is 54.5. The van der Waals surface area contributed by atoms with Crippen molar-refractivity contribution in [2.45, 2.75) is 0 Å². The molecule has 0 aliphatic carbocycles. The van der Waals surface area contributed by atoms with Crippen LogP contribution in [0.1, 0.15) is 0 Å². The van der Waals surface area contributed by atoms with Crippen LogP contribution in [0, 0.1) is 0 Å². The lowest BCUT2D eigenvalue weighted by molar-refractivity contribution is 1.25. The highest BCUT2D eigenvalue weighted by Gasteiger charge is 2.45. The highest BCUT2D eigenvalue weighted by Crippen LogP contribution is 2.55. The van der Waals surface area contributed by atoms with Gasteiger partial charge in [-0.3, -0.25) is 0 Å². The molecule has 384 valence electrons. The van der Waals surface area contributed by atoms with E-state index in [1.54, 1.807) is 0 Å². The van der Waals surface area contributed by atoms with Crippen molar-refractivity contribution in [1.29, 1.82) is 0 Å². The Labute approximate surface area is 485 Å². The lowest BCUT2D eigenvalue weighted by Gasteiger charge is -2.46. The maximum absolute atomic E-state index is 7.89. The lowest BCUT2D eigenvalue weighted by Crippen LogP contribution is -2.61. The molecule has 0 bridgehead atoms. The van der Waals surface area contributed by atoms with Crippen molar-refractivity contribution in [1.82, 2.24) is 0 Å². The molecule has 0 amide bonds. The van der Waals surface area contributed by atoms with E-state index in [1.165, 1.54) is 16.4 Å². The zero-order valence-electron chi connectivity index (χ0n) is 44.9. The van der Waals surface area contributed by atoms with Crippen LogP contribution < -0.4 is 26.2 Å². The summed E-state index contributed by atoms with van der Waals surface area (Å²) in [4.78, 5) is 5.12. The van der Waals surface area contributed by atoms with Gasteiger partial charge in [0.2, 0.25) is 0 Å². The average molecular weight is 1060 g/mol. The molecule has 0 unspecified atom stereocenters. The SMILES string of the molecule is Clc1cc2c3c(c1)N(c1c(-c4ccccc4)cc(-c4ccccc4)cc1-c1ccccc1)c1ccc(-c4ccccc4)cc1B3c1cc(-c3ccccc3)ccc1N2c1c(-c2ccccc2)cc(-c2ccccc2)cc1-c1ccccc1. The summed E-state index contributed by atoms with van der Waals surface area (Å²) in [5.41, 5.74) is 28.1. The molecule has 0 fully saturated rings. The van der Waals surface area contributed by atoms with E-state index in [2.05, 4.69) is 325 Å². The first-order valence-corrected chi connectivity index (χ1v) is 28.5. The van der Waals surface area contributed by atoms with Crippen LogP contribution in [-0.4, -0.2) is 6.71 Å². The molecule has 0 saturated carbocycles. The van der Waals surface area contributed by atoms with Gasteiger partial charge in [-0.1, -0.05) is 279 Å². The van der Waals surface area contributed by atoms with Crippen molar-refractivity contribution in [2.24, 2.45) is 0 Å². The summed E-state index contributed by atoms with van der Waals surface area (Å²) in [5.74, 6) is 0. The van der Waals surface area contributed by atoms with E-state index in [-0.39, 0.29) is 6.71 Å². The summed E-state index contributed by atoms with van der Waals surface area (Å²) < 4.78 is 0. The third-order valence-electron chi connectivity index (χ3n) is 16.5. The van der Waals surface area contributed by atoms with Gasteiger partial charge in [0, 0.05) is 50.0 Å². The number of anilines is 6. The Morgan fingerprint density at radius 3 is 0.756 bits per heavy atom. The van der Waals surface area contributed by atoms with E-state index in [4.69, 9.17) is 11.6 Å². The van der Waals surface area contributed by atoms with E-state index < -0.39 is 0 Å². The number of hydrogen-bond acceptors (Lipinski definition) is 2. The molecular weight excluding hydrogens is 1010 g/mol. The van der Waals surface area contributed by atoms with Crippen molar-refractivity contribution < 1.29 is 0 Å². The molecule has 4 heteroatoms. The maximum Gasteiger partial charge on any atom is 0.252 e. The van der Waals surface area contributed by atoms with E-state index in [0.717, 1.165) is 123 Å². The Bertz CT molecular complexity index is 4080. The second kappa shape index (κ2) is 20.8. The lowest BCUT2D eigenvalue weighted by atomic mass is 9.33. The molecule has 2 aliphatic heterocycles. The number of halogens is 1. The van der Waals surface area contributed by atoms with Gasteiger partial charge in [-0.05, 0) is 132 Å². The molecule has 0 radical (unpaired) electrons. The van der Waals surface area contributed by atoms with Gasteiger partial charge in [0.15, 0.2) is 0 Å². The predicted octanol–water partition coefficient (Wildman–Crippen LogP) is 19.8. The van der Waals surface area contributed by atoms with Gasteiger partial charge in [-0.25, -0.2) is 0 Å². The second-order valence-corrected chi connectivity index (χ2v) is 21.7. The highest BCUT2D eigenvalue weighted by atomic mass is 35.5. The molecule has 82 heavy (non-hydrogen) atoms. The van der Waals surface area contributed by atoms with Gasteiger partial charge in [-0.15, -0.1) is 0 Å². The number of nitrogens with zero attached hydrogens (tertiary/aromatic N) is 2. The zero-order valence-corrected chi connectivity index (χ0v) is 45.6. The molecule has 0 atom stereocenters. The fraction of sp³-hybridized carbons (Fsp3) is 0. The van der Waals surface area contributed by atoms with Crippen LogP contribution in [0.4, 0.5) is 34.1 Å². The molecule has 2 heterocycles. The van der Waals surface area contributed by atoms with E-state index in [9.17, 15) is 0 Å². The molecule has 2 nitrogen and oxygen atoms in total. The summed E-state index contributed by atoms with van der Waals surface area (Å²) >= 11 is 7.89. The average Bonchev–Trinajstić information content (AvgIpc) is 1.83. The van der Waals surface area contributed by atoms with Crippen molar-refractivity contribution in [3.63, 3.8) is 0 Å². The minimum Gasteiger partial charge on any atom is -0.310 e. The Balaban J connectivity index is 1.11. The minimum atomic E-state index is -0.222. The summed E-state index contributed by atoms with van der Waals surface area (Å²) in [6, 6.07) is 115. The van der Waals surface area contributed by atoms with Crippen LogP contribution >= 0.6 is 11.6 Å². The van der Waals surface area contributed by atoms with E-state index in [1.807, 2.05) is 0 Å². The summed E-state index contributed by atoms with van der Waals surface area (Å²) in [6.07, 6.45) is 0. The predicted molar refractivity (Wildman–Crippen MR) is 349 cm³/mol. The highest BCUT2D eigenvalue weighted by molar-refractivity contribution is 7.00. The second-order valence-electron chi connectivity index (χ2n) is 21.3. The van der Waals surface area contributed by atoms with Crippen LogP contribution in [0.5, 0.6) is 0 Å². The van der Waals surface area contributed by atoms with Crippen molar-refractivity contribution >= 4 is 68.8 Å². The Morgan fingerprint density at radius 2 is 0.476 bits per heavy atom. The first-order chi connectivity index (χ1) is 40.6. The summed E-state index contributed by atoms with van der Waals surface area (Å²) in [5, 5.41) is 0.642. The number of benzene rings is 13. The molecular formula is C78H52BClN2. The van der Waals surface area contributed by atoms with Crippen LogP contribution in [0.15, 0.2) is 315 Å². The van der Waals surface area contributed by atoms with Crippen molar-refractivity contribution in [2.75, 3.05) is 9.80 Å². The van der Waals surface area contributed by atoms with Gasteiger partial charge in [-0.2, -0.15) is 0 Å². The van der Waals surface area contributed by atoms with Gasteiger partial charge < -0.3 is 9.80 Å². The third kappa shape index (κ3) is 8.62. The number of fused-ring (bicyclic) bond motifs is 4. The molecule has 0 N–H and O–H groups in total. The fourth-order valence-corrected chi connectivity index (χ4v) is 13.0. The van der Waals surface area contributed by atoms with Crippen LogP contribution in [0.25, 0.3) is 89.0 Å². The standard InChI is InChI=1S/C78H52BClN2/c80-65-51-74-76-75(52-65)82(78-68(59-37-21-7-22-38-59)47-64(56-31-15-4-16-32-56)48-69(78)60-39-23-8-24-40-60)73-44-42-62(54-27-11-2-12-28-54)50-71(73)79(76)70-49-61(53-25-9-1-10-26-53)41-43-72(70)81(74)77-66(57-33-17-5-18-34-57)45-63(55-29-13-3-14-30-55)46-67(77)58-35-19-6-20-36-58/h1-52H. The number of hydrogen-bond donors (Lipinski definition) is 0. The quantitative estimate of drug-likeness (QED) is 0.126. The first-order valence-electron chi connectivity index (χ1n) is 28.1. The molecule has 13 aromatic carbocycles. The third-order valence-corrected chi connectivity index (χ3v) is 16.7. The van der Waals surface area contributed by atoms with E-state index >= 15 is 0 Å². The molecule has 15 rings (SSSR count). The monoisotopic (exact) mass is 1060 g/mol. The van der Waals surface area contributed by atoms with Crippen LogP contribution in [0.2, 0.25) is 5.02 Å². The smallest absolute Gasteiger partial charge is 0.252 e. The molecule has 0 saturated heterocycles. The van der Waals surface area contributed by atoms with Crippen LogP contribution in [-0.2, 0) is 0 Å². The molecule has 2 aliphatic rings. The van der Waals surface area contributed by atoms with Crippen LogP contribution in [0.3, 0.4) is 0 Å². The largest absolute Gasteiger partial charge is 0.310 e. The molecule has 0 spiro atoms. The van der Waals surface area contributed by atoms with Gasteiger partial charge in [0.1, 0.15) is 0 Å². The Kier molecular flexibility index (Phi) is 12.4. The van der Waals surface area contributed by atoms with Gasteiger partial charge in [0.05, 0.1) is 11.4 Å². The Morgan fingerprint density at radius 1 is 0.220 bits per heavy atom. The normalized spacial score (nSPS) is 12.1. The first kappa shape index (κ1) is 48.9. The van der Waals surface area contributed by atoms with E-state index in [0.29, 0.717) is 5.02 Å². The Hall–Kier alpha value is -10.2. The number of rotatable bonds is 10. The molecule has 0 aromatic heterocycles. The van der Waals surface area contributed by atoms with Gasteiger partial charge in [0.25, 0.3) is 6.71 Å². The molecule has 13 aromatic rings. The van der Waals surface area contributed by atoms with Crippen molar-refractivity contribution in [3.05, 3.63) is 320 Å². The van der Waals surface area contributed by atoms with Crippen molar-refractivity contribution in [3.8, 4) is 89.0 Å². The maximum atomic E-state index is 7.89.